The summed E-state index contributed by atoms with van der Waals surface area (Å²) in [6, 6.07) is 100.0. The summed E-state index contributed by atoms with van der Waals surface area (Å²) in [7, 11) is 0. The molecule has 0 aliphatic heterocycles. The lowest BCUT2D eigenvalue weighted by atomic mass is 9.70. The molecule has 358 valence electrons. The van der Waals surface area contributed by atoms with Gasteiger partial charge in [-0.2, -0.15) is 0 Å². The van der Waals surface area contributed by atoms with E-state index in [1.54, 1.807) is 0 Å². The van der Waals surface area contributed by atoms with Crippen LogP contribution in [0.3, 0.4) is 0 Å². The second-order valence-corrected chi connectivity index (χ2v) is 22.8. The molecule has 0 amide bonds. The zero-order valence-electron chi connectivity index (χ0n) is 41.6. The van der Waals surface area contributed by atoms with E-state index in [-0.39, 0.29) is 0 Å². The lowest BCUT2D eigenvalue weighted by Crippen LogP contribution is -2.26. The van der Waals surface area contributed by atoms with Gasteiger partial charge in [-0.05, 0) is 140 Å². The number of benzene rings is 12. The molecule has 0 radical (unpaired) electrons. The van der Waals surface area contributed by atoms with Gasteiger partial charge in [-0.25, -0.2) is 0 Å². The number of nitrogens with zero attached hydrogens (tertiary/aromatic N) is 2. The van der Waals surface area contributed by atoms with Crippen molar-refractivity contribution < 1.29 is 0 Å². The predicted molar refractivity (Wildman–Crippen MR) is 328 cm³/mol. The summed E-state index contributed by atoms with van der Waals surface area (Å²) in [6.07, 6.45) is 0. The number of hydrogen-bond acceptors (Lipinski definition) is 3. The Labute approximate surface area is 453 Å². The average molecular weight is 1010 g/mol. The lowest BCUT2D eigenvalue weighted by molar-refractivity contribution is 0.793. The molecule has 12 aromatic carbocycles. The minimum atomic E-state index is -0.454. The average Bonchev–Trinajstić information content (AvgIpc) is 4.39. The van der Waals surface area contributed by atoms with Crippen LogP contribution in [0, 0.1) is 0 Å². The van der Waals surface area contributed by atoms with Crippen molar-refractivity contribution in [1.29, 1.82) is 0 Å². The largest absolute Gasteiger partial charge is 0.310 e. The van der Waals surface area contributed by atoms with Crippen LogP contribution >= 0.6 is 22.7 Å². The van der Waals surface area contributed by atoms with Crippen LogP contribution in [-0.2, 0) is 5.41 Å². The van der Waals surface area contributed by atoms with Crippen molar-refractivity contribution in [2.24, 2.45) is 0 Å². The summed E-state index contributed by atoms with van der Waals surface area (Å²) in [4.78, 5) is 2.46. The van der Waals surface area contributed by atoms with Crippen LogP contribution in [0.2, 0.25) is 0 Å². The summed E-state index contributed by atoms with van der Waals surface area (Å²) in [6.45, 7) is 0. The van der Waals surface area contributed by atoms with Gasteiger partial charge in [0.2, 0.25) is 0 Å². The highest BCUT2D eigenvalue weighted by molar-refractivity contribution is 7.26. The predicted octanol–water partition coefficient (Wildman–Crippen LogP) is 20.7. The van der Waals surface area contributed by atoms with Crippen LogP contribution in [0.25, 0.3) is 112 Å². The molecular formula is C73H44N2S2. The number of aromatic nitrogens is 1. The number of rotatable bonds is 6. The van der Waals surface area contributed by atoms with Gasteiger partial charge in [-0.1, -0.05) is 188 Å². The second-order valence-electron chi connectivity index (χ2n) is 20.7. The third-order valence-corrected chi connectivity index (χ3v) is 19.2. The summed E-state index contributed by atoms with van der Waals surface area (Å²) in [5.41, 5.74) is 21.9. The van der Waals surface area contributed by atoms with Crippen molar-refractivity contribution in [3.63, 3.8) is 0 Å². The van der Waals surface area contributed by atoms with E-state index < -0.39 is 5.41 Å². The molecule has 77 heavy (non-hydrogen) atoms. The van der Waals surface area contributed by atoms with Gasteiger partial charge in [0.05, 0.1) is 16.4 Å². The molecule has 0 saturated carbocycles. The Hall–Kier alpha value is -9.32. The maximum atomic E-state index is 2.54. The first-order valence-electron chi connectivity index (χ1n) is 26.5. The van der Waals surface area contributed by atoms with Crippen molar-refractivity contribution >= 4 is 102 Å². The van der Waals surface area contributed by atoms with Crippen molar-refractivity contribution in [3.05, 3.63) is 289 Å². The second kappa shape index (κ2) is 16.3. The number of para-hydroxylation sites is 1. The zero-order chi connectivity index (χ0) is 50.3. The Morgan fingerprint density at radius 3 is 1.52 bits per heavy atom. The number of thiophene rings is 2. The van der Waals surface area contributed by atoms with Crippen LogP contribution in [0.5, 0.6) is 0 Å². The Balaban J connectivity index is 0.863. The Morgan fingerprint density at radius 2 is 0.831 bits per heavy atom. The molecule has 0 N–H and O–H groups in total. The molecule has 4 heteroatoms. The molecule has 3 heterocycles. The van der Waals surface area contributed by atoms with Gasteiger partial charge < -0.3 is 9.47 Å². The third-order valence-electron chi connectivity index (χ3n) is 16.8. The van der Waals surface area contributed by atoms with E-state index in [1.165, 1.54) is 135 Å². The monoisotopic (exact) mass is 1010 g/mol. The number of fused-ring (bicyclic) bond motifs is 20. The van der Waals surface area contributed by atoms with E-state index in [9.17, 15) is 0 Å². The van der Waals surface area contributed by atoms with Gasteiger partial charge >= 0.3 is 0 Å². The molecule has 0 saturated heterocycles. The minimum absolute atomic E-state index is 0.454. The van der Waals surface area contributed by atoms with Crippen molar-refractivity contribution in [1.82, 2.24) is 4.57 Å². The highest BCUT2D eigenvalue weighted by Gasteiger charge is 2.51. The molecule has 0 fully saturated rings. The first-order valence-corrected chi connectivity index (χ1v) is 28.1. The maximum Gasteiger partial charge on any atom is 0.0726 e. The Kier molecular flexibility index (Phi) is 9.12. The molecule has 1 spiro atoms. The highest BCUT2D eigenvalue weighted by atomic mass is 32.1. The van der Waals surface area contributed by atoms with Crippen LogP contribution in [0.4, 0.5) is 17.1 Å². The molecule has 0 bridgehead atoms. The van der Waals surface area contributed by atoms with E-state index in [1.807, 2.05) is 22.7 Å². The van der Waals surface area contributed by atoms with E-state index in [0.29, 0.717) is 0 Å². The minimum Gasteiger partial charge on any atom is -0.310 e. The first-order chi connectivity index (χ1) is 38.2. The summed E-state index contributed by atoms with van der Waals surface area (Å²) >= 11 is 3.78. The van der Waals surface area contributed by atoms with Crippen molar-refractivity contribution in [2.45, 2.75) is 5.41 Å². The molecule has 2 aliphatic rings. The van der Waals surface area contributed by atoms with Gasteiger partial charge in [0.15, 0.2) is 0 Å². The third kappa shape index (κ3) is 6.05. The molecular weight excluding hydrogens is 969 g/mol. The highest BCUT2D eigenvalue weighted by Crippen LogP contribution is 2.63. The quantitative estimate of drug-likeness (QED) is 0.161. The van der Waals surface area contributed by atoms with Crippen LogP contribution in [0.1, 0.15) is 22.3 Å². The molecule has 2 nitrogen and oxygen atoms in total. The fraction of sp³-hybridized carbons (Fsp3) is 0.0137. The van der Waals surface area contributed by atoms with Gasteiger partial charge in [-0.3, -0.25) is 0 Å². The standard InChI is InChI=1S/C73H44N2S2/c1-2-16-45(17-3-1)46-30-34-48(35-31-46)74(51-38-40-55-54-20-6-12-26-64(54)73(65(55)43-51)62-24-10-4-18-52(62)53-19-5-11-25-63(53)73)49-36-32-47(33-37-49)59-44-61-56-21-7-13-27-66(56)75(71(61)70-58-23-9-15-29-68(58)77-72(59)70)50-39-41-69-60(42-50)57-22-8-14-28-67(57)76-69/h1-44H. The van der Waals surface area contributed by atoms with Crippen LogP contribution < -0.4 is 4.90 Å². The molecule has 0 atom stereocenters. The zero-order valence-corrected chi connectivity index (χ0v) is 43.2. The van der Waals surface area contributed by atoms with E-state index in [0.717, 1.165) is 17.1 Å². The van der Waals surface area contributed by atoms with Gasteiger partial charge in [0.25, 0.3) is 0 Å². The normalized spacial score (nSPS) is 13.0. The van der Waals surface area contributed by atoms with E-state index in [4.69, 9.17) is 0 Å². The van der Waals surface area contributed by atoms with Gasteiger partial charge in [-0.15, -0.1) is 22.7 Å². The number of anilines is 3. The van der Waals surface area contributed by atoms with Gasteiger partial charge in [0.1, 0.15) is 0 Å². The summed E-state index contributed by atoms with van der Waals surface area (Å²) < 4.78 is 7.75. The van der Waals surface area contributed by atoms with Gasteiger partial charge in [0, 0.05) is 79.4 Å². The van der Waals surface area contributed by atoms with Crippen molar-refractivity contribution in [3.8, 4) is 50.2 Å². The maximum absolute atomic E-state index is 2.54. The molecule has 2 aliphatic carbocycles. The first kappa shape index (κ1) is 43.0. The smallest absolute Gasteiger partial charge is 0.0726 e. The fourth-order valence-electron chi connectivity index (χ4n) is 13.6. The van der Waals surface area contributed by atoms with E-state index >= 15 is 0 Å². The Bertz CT molecular complexity index is 4860. The summed E-state index contributed by atoms with van der Waals surface area (Å²) in [5, 5.41) is 7.72. The lowest BCUT2D eigenvalue weighted by Gasteiger charge is -2.32. The van der Waals surface area contributed by atoms with Crippen LogP contribution in [-0.4, -0.2) is 4.57 Å². The number of hydrogen-bond donors (Lipinski definition) is 0. The summed E-state index contributed by atoms with van der Waals surface area (Å²) in [5.74, 6) is 0. The Morgan fingerprint density at radius 1 is 0.312 bits per heavy atom. The molecule has 0 unspecified atom stereocenters. The van der Waals surface area contributed by atoms with E-state index in [2.05, 4.69) is 276 Å². The molecule has 15 aromatic rings. The topological polar surface area (TPSA) is 8.17 Å². The molecule has 3 aromatic heterocycles. The molecule has 17 rings (SSSR count). The fourth-order valence-corrected chi connectivity index (χ4v) is 15.9. The SMILES string of the molecule is c1ccc(-c2ccc(N(c3ccc(-c4cc5c6ccccc6n(-c6ccc7sc8ccccc8c7c6)c5c5c4sc4ccccc45)cc3)c3ccc4c(c3)C3(c5ccccc5-c5ccccc53)c3ccccc3-4)cc2)cc1. The van der Waals surface area contributed by atoms with Crippen molar-refractivity contribution in [2.75, 3.05) is 4.90 Å². The van der Waals surface area contributed by atoms with Crippen LogP contribution in [0.15, 0.2) is 267 Å².